The number of hydrogen-bond acceptors (Lipinski definition) is 0. The Balaban J connectivity index is 0.00000288. The van der Waals surface area contributed by atoms with Gasteiger partial charge in [-0.2, -0.15) is 0 Å². The number of hydrogen-bond donors (Lipinski definition) is 0. The minimum absolute atomic E-state index is 0. The van der Waals surface area contributed by atoms with Crippen LogP contribution in [0.25, 0.3) is 0 Å². The molecule has 0 N–H and O–H groups in total. The topological polar surface area (TPSA) is 0 Å². The summed E-state index contributed by atoms with van der Waals surface area (Å²) in [5, 5.41) is 0. The maximum absolute atomic E-state index is 2.48. The van der Waals surface area contributed by atoms with E-state index < -0.39 is 23.2 Å². The standard InChI is InChI=1S/2C11H17.2ClH.Zr/c2*1-3-7-10(4-2)11-8-5-6-9-11;;;/h2*5,8,10H,3-4,6-7H2,1-2H3;2*1H;. The predicted molar refractivity (Wildman–Crippen MR) is 113 cm³/mol. The molecule has 0 bridgehead atoms. The Morgan fingerprint density at radius 2 is 1.16 bits per heavy atom. The van der Waals surface area contributed by atoms with E-state index in [1.165, 1.54) is 51.4 Å². The van der Waals surface area contributed by atoms with Crippen LogP contribution in [0.1, 0.15) is 79.1 Å². The summed E-state index contributed by atoms with van der Waals surface area (Å²) in [7, 11) is 0. The molecule has 25 heavy (non-hydrogen) atoms. The molecule has 2 atom stereocenters. The van der Waals surface area contributed by atoms with Crippen molar-refractivity contribution in [3.63, 3.8) is 0 Å². The van der Waals surface area contributed by atoms with Crippen molar-refractivity contribution in [2.45, 2.75) is 79.1 Å². The second-order valence-corrected chi connectivity index (χ2v) is 10.6. The molecule has 0 saturated carbocycles. The number of halogens is 2. The molecule has 3 heteroatoms. The molecule has 2 rings (SSSR count). The molecule has 0 nitrogen and oxygen atoms in total. The van der Waals surface area contributed by atoms with Crippen LogP contribution in [0, 0.1) is 11.8 Å². The summed E-state index contributed by atoms with van der Waals surface area (Å²) in [5.41, 5.74) is 3.51. The summed E-state index contributed by atoms with van der Waals surface area (Å²) >= 11 is -0.562. The maximum Gasteiger partial charge on any atom is -0.147 e. The van der Waals surface area contributed by atoms with E-state index in [0.29, 0.717) is 0 Å². The Morgan fingerprint density at radius 1 is 0.760 bits per heavy atom. The molecule has 0 aromatic carbocycles. The van der Waals surface area contributed by atoms with Crippen molar-refractivity contribution in [2.75, 3.05) is 0 Å². The second-order valence-electron chi connectivity index (χ2n) is 6.99. The molecular formula is C22H36Cl2Zr. The van der Waals surface area contributed by atoms with Crippen molar-refractivity contribution >= 4 is 24.8 Å². The molecule has 142 valence electrons. The van der Waals surface area contributed by atoms with E-state index in [-0.39, 0.29) is 24.8 Å². The molecule has 0 aliphatic heterocycles. The molecule has 2 unspecified atom stereocenters. The summed E-state index contributed by atoms with van der Waals surface area (Å²) in [4.78, 5) is 0. The second kappa shape index (κ2) is 13.6. The summed E-state index contributed by atoms with van der Waals surface area (Å²) in [6.07, 6.45) is 20.4. The Labute approximate surface area is 180 Å². The van der Waals surface area contributed by atoms with Gasteiger partial charge in [0, 0.05) is 0 Å². The minimum Gasteiger partial charge on any atom is -0.147 e. The maximum atomic E-state index is 2.48. The predicted octanol–water partition coefficient (Wildman–Crippen LogP) is 7.99. The fourth-order valence-electron chi connectivity index (χ4n) is 4.09. The normalized spacial score (nSPS) is 18.2. The van der Waals surface area contributed by atoms with Crippen molar-refractivity contribution < 1.29 is 23.2 Å². The fraction of sp³-hybridized carbons (Fsp3) is 0.636. The van der Waals surface area contributed by atoms with E-state index in [9.17, 15) is 0 Å². The van der Waals surface area contributed by atoms with Crippen molar-refractivity contribution in [3.05, 3.63) is 42.0 Å². The molecule has 0 aromatic heterocycles. The first-order valence-corrected chi connectivity index (χ1v) is 12.3. The Morgan fingerprint density at radius 3 is 1.48 bits per heavy atom. The van der Waals surface area contributed by atoms with Gasteiger partial charge >= 0.3 is 156 Å². The van der Waals surface area contributed by atoms with Crippen LogP contribution in [-0.2, 0) is 23.2 Å². The smallest absolute Gasteiger partial charge is 0.147 e. The number of allylic oxidation sites excluding steroid dienone is 8. The summed E-state index contributed by atoms with van der Waals surface area (Å²) in [6, 6.07) is 0. The summed E-state index contributed by atoms with van der Waals surface area (Å²) < 4.78 is 3.77. The van der Waals surface area contributed by atoms with Gasteiger partial charge in [-0.15, -0.1) is 24.8 Å². The first-order valence-electron chi connectivity index (χ1n) is 9.81. The van der Waals surface area contributed by atoms with Gasteiger partial charge in [-0.05, 0) is 0 Å². The van der Waals surface area contributed by atoms with E-state index in [4.69, 9.17) is 0 Å². The first kappa shape index (κ1) is 25.4. The van der Waals surface area contributed by atoms with Gasteiger partial charge < -0.3 is 0 Å². The van der Waals surface area contributed by atoms with Crippen LogP contribution < -0.4 is 0 Å². The van der Waals surface area contributed by atoms with Gasteiger partial charge in [0.25, 0.3) is 0 Å². The van der Waals surface area contributed by atoms with Crippen molar-refractivity contribution in [1.82, 2.24) is 0 Å². The Kier molecular flexibility index (Phi) is 13.8. The zero-order valence-electron chi connectivity index (χ0n) is 16.4. The van der Waals surface area contributed by atoms with E-state index in [0.717, 1.165) is 11.8 Å². The third-order valence-electron chi connectivity index (χ3n) is 5.38. The van der Waals surface area contributed by atoms with Gasteiger partial charge in [-0.1, -0.05) is 0 Å². The molecule has 2 aliphatic carbocycles. The van der Waals surface area contributed by atoms with Crippen molar-refractivity contribution in [3.8, 4) is 0 Å². The van der Waals surface area contributed by atoms with Gasteiger partial charge in [0.2, 0.25) is 0 Å². The van der Waals surface area contributed by atoms with E-state index >= 15 is 0 Å². The van der Waals surface area contributed by atoms with Gasteiger partial charge in [0.15, 0.2) is 0 Å². The molecule has 2 aliphatic rings. The first-order chi connectivity index (χ1) is 11.2. The molecule has 0 heterocycles. The quantitative estimate of drug-likeness (QED) is 0.309. The van der Waals surface area contributed by atoms with E-state index in [1.807, 2.05) is 6.56 Å². The van der Waals surface area contributed by atoms with Crippen LogP contribution in [0.15, 0.2) is 42.0 Å². The molecule has 0 amide bonds. The zero-order chi connectivity index (χ0) is 16.7. The van der Waals surface area contributed by atoms with Crippen molar-refractivity contribution in [1.29, 1.82) is 0 Å². The largest absolute Gasteiger partial charge is 0.147 e. The summed E-state index contributed by atoms with van der Waals surface area (Å²) in [5.74, 6) is 1.65. The van der Waals surface area contributed by atoms with Gasteiger partial charge in [0.1, 0.15) is 0 Å². The van der Waals surface area contributed by atoms with Gasteiger partial charge in [-0.25, -0.2) is 0 Å². The molecule has 0 aromatic rings. The zero-order valence-corrected chi connectivity index (χ0v) is 20.5. The molecule has 0 radical (unpaired) electrons. The van der Waals surface area contributed by atoms with Crippen LogP contribution in [0.5, 0.6) is 0 Å². The van der Waals surface area contributed by atoms with Gasteiger partial charge in [0.05, 0.1) is 0 Å². The average molecular weight is 463 g/mol. The average Bonchev–Trinajstić information content (AvgIpc) is 3.20. The Bertz CT molecular complexity index is 468. The van der Waals surface area contributed by atoms with Crippen molar-refractivity contribution in [2.24, 2.45) is 11.8 Å². The molecule has 0 spiro atoms. The van der Waals surface area contributed by atoms with Crippen LogP contribution in [0.2, 0.25) is 0 Å². The van der Waals surface area contributed by atoms with Crippen LogP contribution in [-0.4, -0.2) is 0 Å². The van der Waals surface area contributed by atoms with Crippen LogP contribution in [0.4, 0.5) is 0 Å². The fourth-order valence-corrected chi connectivity index (χ4v) is 8.19. The number of rotatable bonds is 10. The van der Waals surface area contributed by atoms with Gasteiger partial charge in [-0.3, -0.25) is 0 Å². The monoisotopic (exact) mass is 460 g/mol. The third kappa shape index (κ3) is 6.82. The third-order valence-corrected chi connectivity index (χ3v) is 9.28. The van der Waals surface area contributed by atoms with E-state index in [1.54, 1.807) is 11.1 Å². The Hall–Kier alpha value is 0.423. The molecule has 0 fully saturated rings. The summed E-state index contributed by atoms with van der Waals surface area (Å²) in [6.45, 7) is 9.41. The van der Waals surface area contributed by atoms with Crippen LogP contribution in [0.3, 0.4) is 0 Å². The minimum atomic E-state index is -0.562. The van der Waals surface area contributed by atoms with E-state index in [2.05, 4.69) is 52.0 Å². The van der Waals surface area contributed by atoms with Crippen LogP contribution >= 0.6 is 24.8 Å². The molecular weight excluding hydrogens is 426 g/mol. The SMILES string of the molecule is CCCC(CC)C1=[C]([Zr][C]2=C(C(CC)CCC)C=CC2)CC=C1.Cl.Cl. The molecule has 0 saturated heterocycles.